The molecule has 1 aliphatic heterocycles. The fourth-order valence-corrected chi connectivity index (χ4v) is 3.47. The molecule has 3 N–H and O–H groups in total. The molecule has 1 aromatic heterocycles. The molecule has 9 heteroatoms. The van der Waals surface area contributed by atoms with Crippen molar-refractivity contribution in [3.8, 4) is 6.07 Å². The Morgan fingerprint density at radius 2 is 1.88 bits per heavy atom. The molecule has 4 rings (SSSR count). The van der Waals surface area contributed by atoms with E-state index in [1.165, 1.54) is 0 Å². The van der Waals surface area contributed by atoms with Crippen LogP contribution in [-0.4, -0.2) is 42.2 Å². The number of hydrogen-bond acceptors (Lipinski definition) is 8. The summed E-state index contributed by atoms with van der Waals surface area (Å²) in [5.74, 6) is 0.888. The Morgan fingerprint density at radius 3 is 2.67 bits per heavy atom. The maximum absolute atomic E-state index is 11.5. The second-order valence-electron chi connectivity index (χ2n) is 7.44. The molecular weight excluding hydrogens is 418 g/mol. The molecule has 0 unspecified atom stereocenters. The first-order valence-corrected chi connectivity index (χ1v) is 10.7. The minimum Gasteiger partial charge on any atom is -0.378 e. The summed E-state index contributed by atoms with van der Waals surface area (Å²) in [6, 6.07) is 19.2. The topological polar surface area (TPSA) is 115 Å². The zero-order chi connectivity index (χ0) is 22.9. The summed E-state index contributed by atoms with van der Waals surface area (Å²) in [6.45, 7) is 3.70. The lowest BCUT2D eigenvalue weighted by molar-refractivity contribution is -0.115. The van der Waals surface area contributed by atoms with Crippen molar-refractivity contribution in [1.29, 1.82) is 5.26 Å². The van der Waals surface area contributed by atoms with Gasteiger partial charge >= 0.3 is 0 Å². The van der Waals surface area contributed by atoms with Gasteiger partial charge < -0.3 is 25.6 Å². The number of morpholine rings is 1. The zero-order valence-corrected chi connectivity index (χ0v) is 18.1. The minimum absolute atomic E-state index is 0.162. The highest BCUT2D eigenvalue weighted by atomic mass is 16.5. The normalized spacial score (nSPS) is 13.1. The summed E-state index contributed by atoms with van der Waals surface area (Å²) < 4.78 is 5.47. The van der Waals surface area contributed by atoms with Crippen molar-refractivity contribution in [3.63, 3.8) is 0 Å². The van der Waals surface area contributed by atoms with E-state index >= 15 is 0 Å². The smallest absolute Gasteiger partial charge is 0.238 e. The molecule has 0 saturated carbocycles. The van der Waals surface area contributed by atoms with E-state index in [-0.39, 0.29) is 12.3 Å². The highest BCUT2D eigenvalue weighted by molar-refractivity contribution is 5.92. The summed E-state index contributed by atoms with van der Waals surface area (Å²) in [6.07, 6.45) is 1.55. The lowest BCUT2D eigenvalue weighted by Crippen LogP contribution is -2.36. The number of benzene rings is 2. The van der Waals surface area contributed by atoms with Crippen molar-refractivity contribution in [3.05, 3.63) is 66.4 Å². The van der Waals surface area contributed by atoms with Crippen molar-refractivity contribution in [2.24, 2.45) is 0 Å². The van der Waals surface area contributed by atoms with Crippen LogP contribution in [0.5, 0.6) is 0 Å². The molecule has 2 aromatic carbocycles. The molecular formula is C24H25N7O2. The molecule has 0 aliphatic carbocycles. The predicted octanol–water partition coefficient (Wildman–Crippen LogP) is 3.52. The highest BCUT2D eigenvalue weighted by Crippen LogP contribution is 2.28. The van der Waals surface area contributed by atoms with Gasteiger partial charge in [-0.3, -0.25) is 4.79 Å². The molecule has 0 bridgehead atoms. The number of anilines is 5. The Bertz CT molecular complexity index is 1120. The van der Waals surface area contributed by atoms with Crippen molar-refractivity contribution < 1.29 is 9.53 Å². The van der Waals surface area contributed by atoms with E-state index in [0.717, 1.165) is 43.2 Å². The third-order valence-corrected chi connectivity index (χ3v) is 5.11. The van der Waals surface area contributed by atoms with Gasteiger partial charge in [0.05, 0.1) is 30.7 Å². The largest absolute Gasteiger partial charge is 0.378 e. The van der Waals surface area contributed by atoms with Crippen LogP contribution in [0.25, 0.3) is 0 Å². The molecule has 33 heavy (non-hydrogen) atoms. The molecule has 1 aliphatic rings. The number of ether oxygens (including phenoxy) is 1. The third-order valence-electron chi connectivity index (χ3n) is 5.11. The van der Waals surface area contributed by atoms with Crippen LogP contribution in [0.1, 0.15) is 12.0 Å². The standard InChI is InChI=1S/C24H25N7O2/c25-11-9-23(32)28-19-7-5-18(6-8-19)17-27-22-10-12-26-24(30-22)29-20-3-1-2-4-21(20)31-13-15-33-16-14-31/h1-8,10,12H,9,13-17H2,(H,28,32)(H2,26,27,29,30). The maximum Gasteiger partial charge on any atom is 0.238 e. The number of para-hydroxylation sites is 2. The second kappa shape index (κ2) is 10.9. The molecule has 0 atom stereocenters. The maximum atomic E-state index is 11.5. The van der Waals surface area contributed by atoms with E-state index in [2.05, 4.69) is 36.9 Å². The zero-order valence-electron chi connectivity index (χ0n) is 18.1. The summed E-state index contributed by atoms with van der Waals surface area (Å²) in [5.41, 5.74) is 3.74. The number of rotatable bonds is 8. The highest BCUT2D eigenvalue weighted by Gasteiger charge is 2.15. The number of carbonyl (C=O) groups excluding carboxylic acids is 1. The van der Waals surface area contributed by atoms with Gasteiger partial charge in [0, 0.05) is 31.5 Å². The summed E-state index contributed by atoms with van der Waals surface area (Å²) in [5, 5.41) is 17.9. The molecule has 1 amide bonds. The van der Waals surface area contributed by atoms with E-state index in [1.54, 1.807) is 6.20 Å². The quantitative estimate of drug-likeness (QED) is 0.484. The monoisotopic (exact) mass is 443 g/mol. The number of aromatic nitrogens is 2. The van der Waals surface area contributed by atoms with Gasteiger partial charge in [0.15, 0.2) is 0 Å². The predicted molar refractivity (Wildman–Crippen MR) is 127 cm³/mol. The van der Waals surface area contributed by atoms with Gasteiger partial charge in [0.2, 0.25) is 11.9 Å². The van der Waals surface area contributed by atoms with Crippen LogP contribution in [0.4, 0.5) is 28.8 Å². The molecule has 0 spiro atoms. The van der Waals surface area contributed by atoms with E-state index in [9.17, 15) is 4.79 Å². The molecule has 1 saturated heterocycles. The van der Waals surface area contributed by atoms with E-state index < -0.39 is 0 Å². The van der Waals surface area contributed by atoms with Crippen LogP contribution in [-0.2, 0) is 16.1 Å². The number of nitrogens with zero attached hydrogens (tertiary/aromatic N) is 4. The second-order valence-corrected chi connectivity index (χ2v) is 7.44. The lowest BCUT2D eigenvalue weighted by Gasteiger charge is -2.30. The summed E-state index contributed by atoms with van der Waals surface area (Å²) in [4.78, 5) is 22.7. The van der Waals surface area contributed by atoms with Crippen molar-refractivity contribution >= 4 is 34.7 Å². The number of hydrogen-bond donors (Lipinski definition) is 3. The SMILES string of the molecule is N#CCC(=O)Nc1ccc(CNc2ccnc(Nc3ccccc3N3CCOCC3)n2)cc1. The van der Waals surface area contributed by atoms with Crippen molar-refractivity contribution in [2.45, 2.75) is 13.0 Å². The fourth-order valence-electron chi connectivity index (χ4n) is 3.47. The fraction of sp³-hybridized carbons (Fsp3) is 0.250. The molecule has 0 radical (unpaired) electrons. The van der Waals surface area contributed by atoms with Gasteiger partial charge in [-0.05, 0) is 35.9 Å². The molecule has 2 heterocycles. The molecule has 3 aromatic rings. The van der Waals surface area contributed by atoms with Crippen LogP contribution in [0.15, 0.2) is 60.8 Å². The Kier molecular flexibility index (Phi) is 7.30. The van der Waals surface area contributed by atoms with Gasteiger partial charge in [-0.25, -0.2) is 4.98 Å². The Morgan fingerprint density at radius 1 is 1.09 bits per heavy atom. The molecule has 9 nitrogen and oxygen atoms in total. The Labute approximate surface area is 192 Å². The first-order chi connectivity index (χ1) is 16.2. The number of amides is 1. The Hall–Kier alpha value is -4.16. The Balaban J connectivity index is 1.37. The van der Waals surface area contributed by atoms with E-state index in [4.69, 9.17) is 10.00 Å². The van der Waals surface area contributed by atoms with Crippen molar-refractivity contribution in [1.82, 2.24) is 9.97 Å². The van der Waals surface area contributed by atoms with Crippen LogP contribution in [0.3, 0.4) is 0 Å². The summed E-state index contributed by atoms with van der Waals surface area (Å²) >= 11 is 0. The summed E-state index contributed by atoms with van der Waals surface area (Å²) in [7, 11) is 0. The van der Waals surface area contributed by atoms with Crippen LogP contribution in [0, 0.1) is 11.3 Å². The first kappa shape index (κ1) is 22.0. The molecule has 168 valence electrons. The average molecular weight is 444 g/mol. The third kappa shape index (κ3) is 6.18. The van der Waals surface area contributed by atoms with Crippen LogP contribution < -0.4 is 20.9 Å². The van der Waals surface area contributed by atoms with E-state index in [1.807, 2.05) is 54.6 Å². The van der Waals surface area contributed by atoms with Crippen LogP contribution >= 0.6 is 0 Å². The number of nitriles is 1. The van der Waals surface area contributed by atoms with Gasteiger partial charge in [0.1, 0.15) is 12.2 Å². The van der Waals surface area contributed by atoms with E-state index in [0.29, 0.717) is 24.0 Å². The average Bonchev–Trinajstić information content (AvgIpc) is 2.85. The van der Waals surface area contributed by atoms with Gasteiger partial charge in [-0.15, -0.1) is 0 Å². The van der Waals surface area contributed by atoms with Crippen LogP contribution in [0.2, 0.25) is 0 Å². The van der Waals surface area contributed by atoms with Gasteiger partial charge in [0.25, 0.3) is 0 Å². The van der Waals surface area contributed by atoms with Gasteiger partial charge in [-0.1, -0.05) is 24.3 Å². The number of carbonyl (C=O) groups is 1. The van der Waals surface area contributed by atoms with Gasteiger partial charge in [-0.2, -0.15) is 10.2 Å². The van der Waals surface area contributed by atoms with Crippen molar-refractivity contribution in [2.75, 3.05) is 47.2 Å². The minimum atomic E-state index is -0.320. The molecule has 1 fully saturated rings. The first-order valence-electron chi connectivity index (χ1n) is 10.7. The number of nitrogens with one attached hydrogen (secondary N) is 3. The lowest BCUT2D eigenvalue weighted by atomic mass is 10.2.